The first-order valence-electron chi connectivity index (χ1n) is 6.04. The molecule has 0 atom stereocenters. The summed E-state index contributed by atoms with van der Waals surface area (Å²) in [4.78, 5) is 14.4. The molecule has 5 nitrogen and oxygen atoms in total. The lowest BCUT2D eigenvalue weighted by molar-refractivity contribution is -0.121. The van der Waals surface area contributed by atoms with Crippen LogP contribution >= 0.6 is 0 Å². The summed E-state index contributed by atoms with van der Waals surface area (Å²) in [5, 5.41) is 0. The van der Waals surface area contributed by atoms with Crippen molar-refractivity contribution >= 4 is 19.5 Å². The maximum Gasteiger partial charge on any atom is 0.490 e. The average molecular weight is 251 g/mol. The molecule has 0 spiro atoms. The molecule has 0 amide bonds. The molecule has 0 aliphatic carbocycles. The van der Waals surface area contributed by atoms with E-state index in [9.17, 15) is 4.79 Å². The largest absolute Gasteiger partial charge is 0.490 e. The van der Waals surface area contributed by atoms with Gasteiger partial charge in [0.15, 0.2) is 5.90 Å². The first-order valence-corrected chi connectivity index (χ1v) is 6.04. The number of carbonyl (C=O) groups is 1. The number of rotatable bonds is 2. The van der Waals surface area contributed by atoms with Crippen LogP contribution in [0, 0.1) is 0 Å². The van der Waals surface area contributed by atoms with Crippen LogP contribution in [0.4, 0.5) is 0 Å². The average Bonchev–Trinajstić information content (AvgIpc) is 2.49. The lowest BCUT2D eigenvalue weighted by atomic mass is 9.75. The van der Waals surface area contributed by atoms with Crippen molar-refractivity contribution in [1.82, 2.24) is 0 Å². The third-order valence-electron chi connectivity index (χ3n) is 3.72. The van der Waals surface area contributed by atoms with Crippen molar-refractivity contribution in [1.29, 1.82) is 0 Å². The number of carbonyl (C=O) groups excluding carboxylic acids is 1. The fraction of sp³-hybridized carbons (Fsp3) is 0.667. The third kappa shape index (κ3) is 2.35. The van der Waals surface area contributed by atoms with Crippen LogP contribution in [0.25, 0.3) is 0 Å². The molecular weight excluding hydrogens is 233 g/mol. The standard InChI is InChI=1S/C12H18BNO4/c1-11(2)12(3,4)18-13(17-11)9-5-6-14-10(7-9)16-8-15/h5,8H,6-7H2,1-4H3. The predicted molar refractivity (Wildman–Crippen MR) is 68.2 cm³/mol. The van der Waals surface area contributed by atoms with Gasteiger partial charge in [0.25, 0.3) is 6.47 Å². The van der Waals surface area contributed by atoms with Gasteiger partial charge in [-0.2, -0.15) is 0 Å². The van der Waals surface area contributed by atoms with E-state index >= 15 is 0 Å². The Morgan fingerprint density at radius 2 is 1.94 bits per heavy atom. The zero-order valence-corrected chi connectivity index (χ0v) is 11.2. The fourth-order valence-electron chi connectivity index (χ4n) is 1.88. The minimum atomic E-state index is -0.393. The highest BCUT2D eigenvalue weighted by molar-refractivity contribution is 6.55. The molecule has 0 aromatic rings. The highest BCUT2D eigenvalue weighted by atomic mass is 16.7. The number of ether oxygens (including phenoxy) is 1. The van der Waals surface area contributed by atoms with Crippen LogP contribution in [0.2, 0.25) is 0 Å². The summed E-state index contributed by atoms with van der Waals surface area (Å²) in [7, 11) is -0.393. The second-order valence-electron chi connectivity index (χ2n) is 5.49. The summed E-state index contributed by atoms with van der Waals surface area (Å²) < 4.78 is 16.7. The molecule has 1 fully saturated rings. The highest BCUT2D eigenvalue weighted by Crippen LogP contribution is 2.39. The van der Waals surface area contributed by atoms with Crippen molar-refractivity contribution in [2.24, 2.45) is 4.99 Å². The second-order valence-corrected chi connectivity index (χ2v) is 5.49. The van der Waals surface area contributed by atoms with E-state index in [1.165, 1.54) is 0 Å². The summed E-state index contributed by atoms with van der Waals surface area (Å²) in [6, 6.07) is 0. The molecule has 0 radical (unpaired) electrons. The first-order chi connectivity index (χ1) is 8.36. The monoisotopic (exact) mass is 251 g/mol. The summed E-state index contributed by atoms with van der Waals surface area (Å²) in [5.41, 5.74) is 0.234. The van der Waals surface area contributed by atoms with E-state index in [-0.39, 0.29) is 11.2 Å². The van der Waals surface area contributed by atoms with Gasteiger partial charge in [-0.15, -0.1) is 0 Å². The molecule has 2 aliphatic rings. The van der Waals surface area contributed by atoms with Crippen LogP contribution in [-0.4, -0.2) is 37.2 Å². The molecule has 0 N–H and O–H groups in total. The minimum absolute atomic E-state index is 0.362. The Balaban J connectivity index is 2.07. The summed E-state index contributed by atoms with van der Waals surface area (Å²) in [5.74, 6) is 0.414. The van der Waals surface area contributed by atoms with Crippen molar-refractivity contribution < 1.29 is 18.8 Å². The van der Waals surface area contributed by atoms with E-state index in [2.05, 4.69) is 4.99 Å². The summed E-state index contributed by atoms with van der Waals surface area (Å²) >= 11 is 0. The zero-order valence-electron chi connectivity index (χ0n) is 11.2. The molecule has 0 bridgehead atoms. The van der Waals surface area contributed by atoms with Gasteiger partial charge in [0.1, 0.15) is 0 Å². The van der Waals surface area contributed by atoms with E-state index < -0.39 is 7.12 Å². The molecule has 0 saturated carbocycles. The van der Waals surface area contributed by atoms with Crippen LogP contribution in [-0.2, 0) is 18.8 Å². The van der Waals surface area contributed by atoms with Crippen molar-refractivity contribution in [3.8, 4) is 0 Å². The van der Waals surface area contributed by atoms with Gasteiger partial charge in [0.2, 0.25) is 0 Å². The van der Waals surface area contributed by atoms with Crippen LogP contribution in [0.5, 0.6) is 0 Å². The third-order valence-corrected chi connectivity index (χ3v) is 3.72. The molecule has 2 aliphatic heterocycles. The first kappa shape index (κ1) is 13.3. The molecule has 18 heavy (non-hydrogen) atoms. The van der Waals surface area contributed by atoms with Crippen LogP contribution in [0.15, 0.2) is 16.5 Å². The molecule has 0 unspecified atom stereocenters. The van der Waals surface area contributed by atoms with Crippen molar-refractivity contribution in [3.63, 3.8) is 0 Å². The van der Waals surface area contributed by atoms with Crippen LogP contribution in [0.3, 0.4) is 0 Å². The maximum absolute atomic E-state index is 10.3. The van der Waals surface area contributed by atoms with Crippen molar-refractivity contribution in [3.05, 3.63) is 11.5 Å². The normalized spacial score (nSPS) is 25.4. The zero-order chi connectivity index (χ0) is 13.4. The second kappa shape index (κ2) is 4.51. The molecule has 2 rings (SSSR count). The van der Waals surface area contributed by atoms with Gasteiger partial charge in [-0.05, 0) is 33.2 Å². The molecule has 1 saturated heterocycles. The molecular formula is C12H18BNO4. The minimum Gasteiger partial charge on any atom is -0.414 e. The summed E-state index contributed by atoms with van der Waals surface area (Å²) in [6.07, 6.45) is 2.41. The van der Waals surface area contributed by atoms with Gasteiger partial charge in [-0.3, -0.25) is 9.79 Å². The lowest BCUT2D eigenvalue weighted by Crippen LogP contribution is -2.41. The quantitative estimate of drug-likeness (QED) is 0.551. The van der Waals surface area contributed by atoms with Crippen LogP contribution in [0.1, 0.15) is 34.1 Å². The van der Waals surface area contributed by atoms with Gasteiger partial charge in [0, 0.05) is 6.42 Å². The van der Waals surface area contributed by atoms with E-state index in [4.69, 9.17) is 14.0 Å². The van der Waals surface area contributed by atoms with Crippen molar-refractivity contribution in [2.75, 3.05) is 6.54 Å². The van der Waals surface area contributed by atoms with E-state index in [0.717, 1.165) is 5.47 Å². The smallest absolute Gasteiger partial charge is 0.414 e. The van der Waals surface area contributed by atoms with Gasteiger partial charge in [-0.1, -0.05) is 6.08 Å². The molecule has 98 valence electrons. The number of hydrogen-bond donors (Lipinski definition) is 0. The van der Waals surface area contributed by atoms with Crippen molar-refractivity contribution in [2.45, 2.75) is 45.3 Å². The molecule has 2 heterocycles. The van der Waals surface area contributed by atoms with Crippen LogP contribution < -0.4 is 0 Å². The Hall–Kier alpha value is -1.14. The van der Waals surface area contributed by atoms with Gasteiger partial charge < -0.3 is 14.0 Å². The Kier molecular flexibility index (Phi) is 3.34. The SMILES string of the molecule is CC1(C)OB(C2=CCN=C(OC=O)C2)OC1(C)C. The fourth-order valence-corrected chi connectivity index (χ4v) is 1.88. The summed E-state index contributed by atoms with van der Waals surface area (Å²) in [6.45, 7) is 8.91. The maximum atomic E-state index is 10.3. The van der Waals surface area contributed by atoms with E-state index in [1.54, 1.807) is 0 Å². The number of hydrogen-bond acceptors (Lipinski definition) is 5. The lowest BCUT2D eigenvalue weighted by Gasteiger charge is -2.32. The molecule has 6 heteroatoms. The van der Waals surface area contributed by atoms with E-state index in [1.807, 2.05) is 33.8 Å². The Morgan fingerprint density at radius 1 is 1.33 bits per heavy atom. The highest BCUT2D eigenvalue weighted by Gasteiger charge is 2.52. The topological polar surface area (TPSA) is 57.1 Å². The number of aliphatic imine (C=N–C) groups is 1. The molecule has 0 aromatic heterocycles. The van der Waals surface area contributed by atoms with Gasteiger partial charge in [0.05, 0.1) is 17.7 Å². The Bertz CT molecular complexity index is 398. The Labute approximate surface area is 107 Å². The molecule has 0 aromatic carbocycles. The van der Waals surface area contributed by atoms with Gasteiger partial charge in [-0.25, -0.2) is 0 Å². The Morgan fingerprint density at radius 3 is 2.50 bits per heavy atom. The van der Waals surface area contributed by atoms with E-state index in [0.29, 0.717) is 25.3 Å². The predicted octanol–water partition coefficient (Wildman–Crippen LogP) is 1.52. The van der Waals surface area contributed by atoms with Gasteiger partial charge >= 0.3 is 7.12 Å². The number of dihydropyridines is 1. The number of nitrogens with zero attached hydrogens (tertiary/aromatic N) is 1.